The Morgan fingerprint density at radius 3 is 2.80 bits per heavy atom. The van der Waals surface area contributed by atoms with E-state index in [9.17, 15) is 0 Å². The molecular formula is C22H23N3. The van der Waals surface area contributed by atoms with Crippen LogP contribution in [0.4, 0.5) is 0 Å². The average molecular weight is 329 g/mol. The summed E-state index contributed by atoms with van der Waals surface area (Å²) < 4.78 is 1.97. The van der Waals surface area contributed by atoms with Crippen LogP contribution in [0.5, 0.6) is 0 Å². The van der Waals surface area contributed by atoms with Crippen LogP contribution in [-0.4, -0.2) is 26.8 Å². The Morgan fingerprint density at radius 1 is 1.08 bits per heavy atom. The molecule has 0 amide bonds. The van der Waals surface area contributed by atoms with E-state index in [-0.39, 0.29) is 0 Å². The molecule has 2 unspecified atom stereocenters. The number of hydrogen-bond acceptors (Lipinski definition) is 2. The van der Waals surface area contributed by atoms with E-state index in [0.717, 1.165) is 13.0 Å². The fourth-order valence-corrected chi connectivity index (χ4v) is 4.52. The van der Waals surface area contributed by atoms with Crippen LogP contribution in [0.15, 0.2) is 60.8 Å². The van der Waals surface area contributed by atoms with E-state index in [1.807, 2.05) is 17.9 Å². The molecule has 0 saturated carbocycles. The summed E-state index contributed by atoms with van der Waals surface area (Å²) in [5.41, 5.74) is 5.53. The van der Waals surface area contributed by atoms with Gasteiger partial charge in [-0.3, -0.25) is 9.58 Å². The molecule has 0 aliphatic carbocycles. The molecule has 1 fully saturated rings. The molecule has 2 atom stereocenters. The second-order valence-electron chi connectivity index (χ2n) is 7.39. The first kappa shape index (κ1) is 14.9. The Labute approximate surface area is 148 Å². The summed E-state index contributed by atoms with van der Waals surface area (Å²) in [5.74, 6) is 0. The highest BCUT2D eigenvalue weighted by atomic mass is 15.2. The van der Waals surface area contributed by atoms with Gasteiger partial charge in [0.05, 0.1) is 11.7 Å². The normalized spacial score (nSPS) is 23.2. The zero-order valence-electron chi connectivity index (χ0n) is 14.6. The van der Waals surface area contributed by atoms with E-state index in [1.165, 1.54) is 40.4 Å². The summed E-state index contributed by atoms with van der Waals surface area (Å²) in [6.45, 7) is 1.07. The molecule has 0 spiro atoms. The van der Waals surface area contributed by atoms with E-state index in [0.29, 0.717) is 12.1 Å². The third-order valence-corrected chi connectivity index (χ3v) is 5.87. The minimum Gasteiger partial charge on any atom is -0.289 e. The molecule has 3 heterocycles. The van der Waals surface area contributed by atoms with Gasteiger partial charge in [0, 0.05) is 31.1 Å². The fourth-order valence-electron chi connectivity index (χ4n) is 4.52. The lowest BCUT2D eigenvalue weighted by molar-refractivity contribution is 0.203. The molecule has 2 bridgehead atoms. The monoisotopic (exact) mass is 329 g/mol. The van der Waals surface area contributed by atoms with Crippen molar-refractivity contribution < 1.29 is 0 Å². The van der Waals surface area contributed by atoms with Crippen LogP contribution in [0.2, 0.25) is 0 Å². The third kappa shape index (κ3) is 2.59. The molecule has 1 aromatic heterocycles. The summed E-state index contributed by atoms with van der Waals surface area (Å²) in [5, 5.41) is 5.59. The number of aromatic nitrogens is 2. The summed E-state index contributed by atoms with van der Waals surface area (Å²) in [7, 11) is 2.02. The number of hydrogen-bond donors (Lipinski definition) is 0. The van der Waals surface area contributed by atoms with Crippen LogP contribution >= 0.6 is 0 Å². The van der Waals surface area contributed by atoms with Crippen LogP contribution in [-0.2, 0) is 13.6 Å². The molecule has 2 aromatic carbocycles. The van der Waals surface area contributed by atoms with E-state index in [4.69, 9.17) is 0 Å². The number of aryl methyl sites for hydroxylation is 1. The van der Waals surface area contributed by atoms with E-state index in [1.54, 1.807) is 0 Å². The Hall–Kier alpha value is -2.39. The highest BCUT2D eigenvalue weighted by Crippen LogP contribution is 2.39. The molecular weight excluding hydrogens is 306 g/mol. The Morgan fingerprint density at radius 2 is 1.96 bits per heavy atom. The predicted molar refractivity (Wildman–Crippen MR) is 102 cm³/mol. The van der Waals surface area contributed by atoms with Crippen LogP contribution < -0.4 is 0 Å². The maximum atomic E-state index is 4.37. The van der Waals surface area contributed by atoms with Crippen molar-refractivity contribution in [2.45, 2.75) is 37.9 Å². The van der Waals surface area contributed by atoms with Crippen LogP contribution in [0.1, 0.15) is 30.4 Å². The summed E-state index contributed by atoms with van der Waals surface area (Å²) in [6, 6.07) is 18.9. The van der Waals surface area contributed by atoms with Crippen LogP contribution in [0, 0.1) is 0 Å². The summed E-state index contributed by atoms with van der Waals surface area (Å²) in [6.07, 6.45) is 8.22. The smallest absolute Gasteiger partial charge is 0.0685 e. The maximum absolute atomic E-state index is 4.37. The van der Waals surface area contributed by atoms with Gasteiger partial charge >= 0.3 is 0 Å². The molecule has 1 saturated heterocycles. The third-order valence-electron chi connectivity index (χ3n) is 5.87. The first-order chi connectivity index (χ1) is 12.3. The first-order valence-corrected chi connectivity index (χ1v) is 9.20. The van der Waals surface area contributed by atoms with Gasteiger partial charge < -0.3 is 0 Å². The van der Waals surface area contributed by atoms with Crippen molar-refractivity contribution in [2.24, 2.45) is 7.05 Å². The van der Waals surface area contributed by atoms with Gasteiger partial charge in [0.1, 0.15) is 0 Å². The van der Waals surface area contributed by atoms with Crippen molar-refractivity contribution in [3.63, 3.8) is 0 Å². The molecule has 2 aliphatic heterocycles. The molecule has 2 aliphatic rings. The van der Waals surface area contributed by atoms with E-state index < -0.39 is 0 Å². The van der Waals surface area contributed by atoms with Gasteiger partial charge in [-0.05, 0) is 42.0 Å². The molecule has 126 valence electrons. The standard InChI is InChI=1S/C22H23N3/c1-24-22-13-17(7-8-18(22)14-23-24)19-11-20-9-10-21(12-19)25(20)15-16-5-3-2-4-6-16/h2-8,11,13-14,20-21H,9-10,12,15H2,1H3. The van der Waals surface area contributed by atoms with Crippen molar-refractivity contribution in [1.29, 1.82) is 0 Å². The zero-order chi connectivity index (χ0) is 16.8. The topological polar surface area (TPSA) is 21.1 Å². The average Bonchev–Trinajstić information content (AvgIpc) is 3.11. The summed E-state index contributed by atoms with van der Waals surface area (Å²) >= 11 is 0. The van der Waals surface area contributed by atoms with Gasteiger partial charge in [0.2, 0.25) is 0 Å². The van der Waals surface area contributed by atoms with E-state index >= 15 is 0 Å². The lowest BCUT2D eigenvalue weighted by Gasteiger charge is -2.34. The zero-order valence-corrected chi connectivity index (χ0v) is 14.6. The van der Waals surface area contributed by atoms with Gasteiger partial charge in [0.15, 0.2) is 0 Å². The highest BCUT2D eigenvalue weighted by Gasteiger charge is 2.36. The second kappa shape index (κ2) is 5.85. The lowest BCUT2D eigenvalue weighted by atomic mass is 9.94. The molecule has 3 aromatic rings. The van der Waals surface area contributed by atoms with Crippen LogP contribution in [0.3, 0.4) is 0 Å². The number of nitrogens with zero attached hydrogens (tertiary/aromatic N) is 3. The van der Waals surface area contributed by atoms with Crippen molar-refractivity contribution >= 4 is 16.5 Å². The Bertz CT molecular complexity index is 938. The quantitative estimate of drug-likeness (QED) is 0.710. The van der Waals surface area contributed by atoms with E-state index in [2.05, 4.69) is 64.6 Å². The number of fused-ring (bicyclic) bond motifs is 3. The van der Waals surface area contributed by atoms with Gasteiger partial charge in [-0.2, -0.15) is 5.10 Å². The van der Waals surface area contributed by atoms with Crippen molar-refractivity contribution in [3.05, 3.63) is 71.9 Å². The number of benzene rings is 2. The molecule has 0 radical (unpaired) electrons. The van der Waals surface area contributed by atoms with Gasteiger partial charge in [-0.15, -0.1) is 0 Å². The Kier molecular flexibility index (Phi) is 3.49. The molecule has 5 rings (SSSR count). The maximum Gasteiger partial charge on any atom is 0.0685 e. The Balaban J connectivity index is 1.44. The highest BCUT2D eigenvalue weighted by molar-refractivity contribution is 5.83. The minimum absolute atomic E-state index is 0.580. The minimum atomic E-state index is 0.580. The van der Waals surface area contributed by atoms with Gasteiger partial charge in [-0.25, -0.2) is 0 Å². The SMILES string of the molecule is Cn1ncc2ccc(C3=CC4CCC(C3)N4Cc3ccccc3)cc21. The molecule has 3 nitrogen and oxygen atoms in total. The lowest BCUT2D eigenvalue weighted by Crippen LogP contribution is -2.37. The molecule has 3 heteroatoms. The first-order valence-electron chi connectivity index (χ1n) is 9.20. The largest absolute Gasteiger partial charge is 0.289 e. The number of rotatable bonds is 3. The van der Waals surface area contributed by atoms with Gasteiger partial charge in [-0.1, -0.05) is 48.5 Å². The molecule has 25 heavy (non-hydrogen) atoms. The van der Waals surface area contributed by atoms with Gasteiger partial charge in [0.25, 0.3) is 0 Å². The molecule has 0 N–H and O–H groups in total. The van der Waals surface area contributed by atoms with Crippen LogP contribution in [0.25, 0.3) is 16.5 Å². The predicted octanol–water partition coefficient (Wildman–Crippen LogP) is 4.39. The van der Waals surface area contributed by atoms with Crippen molar-refractivity contribution in [1.82, 2.24) is 14.7 Å². The van der Waals surface area contributed by atoms with Crippen molar-refractivity contribution in [2.75, 3.05) is 0 Å². The summed E-state index contributed by atoms with van der Waals surface area (Å²) in [4.78, 5) is 2.70. The fraction of sp³-hybridized carbons (Fsp3) is 0.318. The second-order valence-corrected chi connectivity index (χ2v) is 7.39. The van der Waals surface area contributed by atoms with Crippen molar-refractivity contribution in [3.8, 4) is 0 Å².